The van der Waals surface area contributed by atoms with Crippen LogP contribution in [0, 0.1) is 6.92 Å². The minimum absolute atomic E-state index is 0.000437. The Morgan fingerprint density at radius 1 is 1.43 bits per heavy atom. The highest BCUT2D eigenvalue weighted by Gasteiger charge is 2.22. The number of amides is 2. The average Bonchev–Trinajstić information content (AvgIpc) is 2.52. The van der Waals surface area contributed by atoms with Crippen molar-refractivity contribution in [3.8, 4) is 5.75 Å². The van der Waals surface area contributed by atoms with Crippen molar-refractivity contribution < 1.29 is 9.53 Å². The van der Waals surface area contributed by atoms with Crippen LogP contribution in [0.3, 0.4) is 0 Å². The van der Waals surface area contributed by atoms with E-state index in [1.807, 2.05) is 25.1 Å². The van der Waals surface area contributed by atoms with Crippen LogP contribution in [0.1, 0.15) is 11.1 Å². The predicted octanol–water partition coefficient (Wildman–Crippen LogP) is 1.21. The summed E-state index contributed by atoms with van der Waals surface area (Å²) >= 11 is 0. The van der Waals surface area contributed by atoms with Gasteiger partial charge in [0.15, 0.2) is 0 Å². The van der Waals surface area contributed by atoms with Crippen LogP contribution in [0.25, 0.3) is 0 Å². The molecule has 1 aliphatic rings. The van der Waals surface area contributed by atoms with Crippen molar-refractivity contribution in [1.29, 1.82) is 0 Å². The molecule has 0 aliphatic carbocycles. The lowest BCUT2D eigenvalue weighted by molar-refractivity contribution is 0.222. The third-order valence-corrected chi connectivity index (χ3v) is 3.77. The molecule has 2 N–H and O–H groups in total. The summed E-state index contributed by atoms with van der Waals surface area (Å²) in [6.45, 7) is 2.39. The van der Waals surface area contributed by atoms with E-state index in [4.69, 9.17) is 4.74 Å². The predicted molar refractivity (Wildman–Crippen MR) is 85.8 cm³/mol. The lowest BCUT2D eigenvalue weighted by atomic mass is 10.0. The Bertz CT molecular complexity index is 800. The summed E-state index contributed by atoms with van der Waals surface area (Å²) in [5.74, 6) is 0.894. The van der Waals surface area contributed by atoms with E-state index in [0.29, 0.717) is 13.0 Å². The Balaban J connectivity index is 1.65. The molecule has 23 heavy (non-hydrogen) atoms. The normalized spacial score (nSPS) is 16.2. The van der Waals surface area contributed by atoms with E-state index >= 15 is 0 Å². The van der Waals surface area contributed by atoms with Gasteiger partial charge in [0.2, 0.25) is 5.82 Å². The van der Waals surface area contributed by atoms with Crippen LogP contribution < -0.4 is 20.9 Å². The molecule has 1 atom stereocenters. The van der Waals surface area contributed by atoms with Crippen LogP contribution in [0.5, 0.6) is 5.75 Å². The molecular weight excluding hydrogens is 296 g/mol. The standard InChI is InChI=1S/C16H18N4O3/c1-10-4-3-5-11-8-12(9-23-13(10)11)18-16(22)19-14-15(21)20(2)7-6-17-14/h3-7,12H,8-9H2,1-2H3,(H2,17,18,19,22). The number of carbonyl (C=O) groups is 1. The SMILES string of the molecule is Cc1cccc2c1OCC(NC(=O)Nc1nccn(C)c1=O)C2. The largest absolute Gasteiger partial charge is 0.491 e. The van der Waals surface area contributed by atoms with Crippen molar-refractivity contribution in [3.05, 3.63) is 52.1 Å². The fourth-order valence-corrected chi connectivity index (χ4v) is 2.59. The molecule has 7 nitrogen and oxygen atoms in total. The van der Waals surface area contributed by atoms with Gasteiger partial charge in [-0.1, -0.05) is 18.2 Å². The summed E-state index contributed by atoms with van der Waals surface area (Å²) in [7, 11) is 1.60. The first-order valence-corrected chi connectivity index (χ1v) is 7.35. The maximum absolute atomic E-state index is 12.1. The molecule has 1 aliphatic heterocycles. The highest BCUT2D eigenvalue weighted by molar-refractivity contribution is 5.88. The van der Waals surface area contributed by atoms with Gasteiger partial charge in [0, 0.05) is 19.4 Å². The maximum atomic E-state index is 12.1. The first kappa shape index (κ1) is 15.1. The van der Waals surface area contributed by atoms with Crippen molar-refractivity contribution in [1.82, 2.24) is 14.9 Å². The minimum atomic E-state index is -0.467. The zero-order valence-corrected chi connectivity index (χ0v) is 13.0. The van der Waals surface area contributed by atoms with Gasteiger partial charge in [-0.25, -0.2) is 9.78 Å². The number of fused-ring (bicyclic) bond motifs is 1. The Morgan fingerprint density at radius 2 is 2.26 bits per heavy atom. The number of para-hydroxylation sites is 1. The van der Waals surface area contributed by atoms with Gasteiger partial charge in [-0.05, 0) is 24.5 Å². The number of nitrogens with zero attached hydrogens (tertiary/aromatic N) is 2. The molecule has 0 saturated carbocycles. The van der Waals surface area contributed by atoms with Crippen LogP contribution in [-0.2, 0) is 13.5 Å². The van der Waals surface area contributed by atoms with Gasteiger partial charge < -0.3 is 14.6 Å². The summed E-state index contributed by atoms with van der Waals surface area (Å²) < 4.78 is 7.09. The van der Waals surface area contributed by atoms with Gasteiger partial charge in [-0.2, -0.15) is 0 Å². The number of ether oxygens (including phenoxy) is 1. The van der Waals surface area contributed by atoms with E-state index in [1.165, 1.54) is 17.0 Å². The van der Waals surface area contributed by atoms with Crippen LogP contribution in [0.4, 0.5) is 10.6 Å². The molecule has 0 saturated heterocycles. The van der Waals surface area contributed by atoms with E-state index in [2.05, 4.69) is 15.6 Å². The van der Waals surface area contributed by atoms with Crippen molar-refractivity contribution in [2.24, 2.45) is 7.05 Å². The van der Waals surface area contributed by atoms with E-state index < -0.39 is 6.03 Å². The van der Waals surface area contributed by atoms with E-state index in [-0.39, 0.29) is 17.4 Å². The summed E-state index contributed by atoms with van der Waals surface area (Å²) in [6, 6.07) is 5.33. The zero-order chi connectivity index (χ0) is 16.4. The number of anilines is 1. The number of aryl methyl sites for hydroxylation is 2. The van der Waals surface area contributed by atoms with Gasteiger partial charge in [0.05, 0.1) is 6.04 Å². The molecule has 1 unspecified atom stereocenters. The summed E-state index contributed by atoms with van der Waals surface area (Å²) in [4.78, 5) is 27.8. The number of carbonyl (C=O) groups excluding carboxylic acids is 1. The lowest BCUT2D eigenvalue weighted by Gasteiger charge is -2.27. The van der Waals surface area contributed by atoms with Crippen LogP contribution >= 0.6 is 0 Å². The Labute approximate surface area is 133 Å². The molecule has 1 aromatic carbocycles. The monoisotopic (exact) mass is 314 g/mol. The molecule has 120 valence electrons. The lowest BCUT2D eigenvalue weighted by Crippen LogP contribution is -2.45. The molecule has 3 rings (SSSR count). The molecule has 1 aromatic heterocycles. The number of urea groups is 1. The van der Waals surface area contributed by atoms with E-state index in [0.717, 1.165) is 16.9 Å². The van der Waals surface area contributed by atoms with Crippen molar-refractivity contribution in [2.75, 3.05) is 11.9 Å². The molecule has 2 aromatic rings. The Morgan fingerprint density at radius 3 is 3.09 bits per heavy atom. The number of rotatable bonds is 2. The van der Waals surface area contributed by atoms with E-state index in [1.54, 1.807) is 7.05 Å². The average molecular weight is 314 g/mol. The fraction of sp³-hybridized carbons (Fsp3) is 0.312. The Kier molecular flexibility index (Phi) is 4.01. The third-order valence-electron chi connectivity index (χ3n) is 3.77. The molecule has 2 heterocycles. The smallest absolute Gasteiger partial charge is 0.320 e. The zero-order valence-electron chi connectivity index (χ0n) is 13.0. The fourth-order valence-electron chi connectivity index (χ4n) is 2.59. The van der Waals surface area contributed by atoms with E-state index in [9.17, 15) is 9.59 Å². The summed E-state index contributed by atoms with van der Waals surface area (Å²) in [5, 5.41) is 5.29. The second-order valence-corrected chi connectivity index (χ2v) is 5.57. The van der Waals surface area contributed by atoms with Gasteiger partial charge in [0.1, 0.15) is 12.4 Å². The molecule has 0 radical (unpaired) electrons. The first-order chi connectivity index (χ1) is 11.0. The number of aromatic nitrogens is 2. The van der Waals surface area contributed by atoms with Crippen molar-refractivity contribution >= 4 is 11.8 Å². The number of benzene rings is 1. The topological polar surface area (TPSA) is 85.2 Å². The van der Waals surface area contributed by atoms with Crippen molar-refractivity contribution in [2.45, 2.75) is 19.4 Å². The summed E-state index contributed by atoms with van der Waals surface area (Å²) in [6.07, 6.45) is 3.67. The second kappa shape index (κ2) is 6.12. The molecule has 2 amide bonds. The van der Waals surface area contributed by atoms with Crippen LogP contribution in [0.2, 0.25) is 0 Å². The molecule has 0 spiro atoms. The van der Waals surface area contributed by atoms with Crippen LogP contribution in [-0.4, -0.2) is 28.2 Å². The maximum Gasteiger partial charge on any atom is 0.320 e. The van der Waals surface area contributed by atoms with Gasteiger partial charge in [0.25, 0.3) is 5.56 Å². The number of hydrogen-bond donors (Lipinski definition) is 2. The second-order valence-electron chi connectivity index (χ2n) is 5.57. The first-order valence-electron chi connectivity index (χ1n) is 7.35. The Hall–Kier alpha value is -2.83. The van der Waals surface area contributed by atoms with Crippen molar-refractivity contribution in [3.63, 3.8) is 0 Å². The van der Waals surface area contributed by atoms with Crippen LogP contribution in [0.15, 0.2) is 35.4 Å². The third kappa shape index (κ3) is 3.18. The summed E-state index contributed by atoms with van der Waals surface area (Å²) in [5.41, 5.74) is 1.79. The van der Waals surface area contributed by atoms with Gasteiger partial charge in [-0.15, -0.1) is 0 Å². The molecule has 7 heteroatoms. The minimum Gasteiger partial charge on any atom is -0.491 e. The number of nitrogens with one attached hydrogen (secondary N) is 2. The molecule has 0 fully saturated rings. The molecular formula is C16H18N4O3. The van der Waals surface area contributed by atoms with Gasteiger partial charge in [-0.3, -0.25) is 10.1 Å². The van der Waals surface area contributed by atoms with Gasteiger partial charge >= 0.3 is 6.03 Å². The number of hydrogen-bond acceptors (Lipinski definition) is 4. The quantitative estimate of drug-likeness (QED) is 0.872. The highest BCUT2D eigenvalue weighted by Crippen LogP contribution is 2.28. The highest BCUT2D eigenvalue weighted by atomic mass is 16.5. The molecule has 0 bridgehead atoms.